The molecule has 2 aliphatic heterocycles. The summed E-state index contributed by atoms with van der Waals surface area (Å²) in [6, 6.07) is 6.10. The number of fused-ring (bicyclic) bond motifs is 1. The summed E-state index contributed by atoms with van der Waals surface area (Å²) in [7, 11) is 1.90. The second-order valence-electron chi connectivity index (χ2n) is 6.33. The average Bonchev–Trinajstić information content (AvgIpc) is 2.93. The fourth-order valence-corrected chi connectivity index (χ4v) is 3.48. The fraction of sp³-hybridized carbons (Fsp3) is 0.588. The lowest BCUT2D eigenvalue weighted by Gasteiger charge is -2.30. The Kier molecular flexibility index (Phi) is 4.62. The predicted molar refractivity (Wildman–Crippen MR) is 82.2 cm³/mol. The molecule has 0 bridgehead atoms. The van der Waals surface area contributed by atoms with Gasteiger partial charge in [-0.2, -0.15) is 0 Å². The van der Waals surface area contributed by atoms with Gasteiger partial charge in [-0.1, -0.05) is 0 Å². The molecule has 22 heavy (non-hydrogen) atoms. The van der Waals surface area contributed by atoms with Crippen LogP contribution in [0.4, 0.5) is 4.39 Å². The van der Waals surface area contributed by atoms with Gasteiger partial charge in [-0.05, 0) is 43.0 Å². The summed E-state index contributed by atoms with van der Waals surface area (Å²) in [5, 5.41) is 0. The van der Waals surface area contributed by atoms with Crippen LogP contribution >= 0.6 is 0 Å². The second-order valence-corrected chi connectivity index (χ2v) is 6.33. The summed E-state index contributed by atoms with van der Waals surface area (Å²) in [6.07, 6.45) is 2.04. The van der Waals surface area contributed by atoms with E-state index in [1.807, 2.05) is 11.9 Å². The van der Waals surface area contributed by atoms with Crippen molar-refractivity contribution in [3.8, 4) is 5.75 Å². The van der Waals surface area contributed by atoms with Crippen LogP contribution in [-0.2, 0) is 4.79 Å². The quantitative estimate of drug-likeness (QED) is 0.780. The van der Waals surface area contributed by atoms with Crippen LogP contribution in [0.5, 0.6) is 5.75 Å². The fourth-order valence-electron chi connectivity index (χ4n) is 3.48. The van der Waals surface area contributed by atoms with E-state index in [-0.39, 0.29) is 11.7 Å². The molecule has 2 saturated heterocycles. The monoisotopic (exact) mass is 306 g/mol. The minimum atomic E-state index is -0.248. The number of likely N-dealkylation sites (tertiary alicyclic amines) is 2. The van der Waals surface area contributed by atoms with Gasteiger partial charge < -0.3 is 14.5 Å². The molecular weight excluding hydrogens is 283 g/mol. The lowest BCUT2D eigenvalue weighted by molar-refractivity contribution is -0.137. The molecule has 1 aromatic rings. The molecular formula is C17H23FN2O2. The van der Waals surface area contributed by atoms with Crippen LogP contribution in [0.1, 0.15) is 12.8 Å². The second kappa shape index (κ2) is 6.65. The van der Waals surface area contributed by atoms with Crippen molar-refractivity contribution in [2.24, 2.45) is 11.8 Å². The Morgan fingerprint density at radius 1 is 1.27 bits per heavy atom. The van der Waals surface area contributed by atoms with Crippen molar-refractivity contribution < 1.29 is 13.9 Å². The molecule has 0 aliphatic carbocycles. The first-order valence-electron chi connectivity index (χ1n) is 7.99. The van der Waals surface area contributed by atoms with Crippen molar-refractivity contribution in [2.75, 3.05) is 39.8 Å². The van der Waals surface area contributed by atoms with Gasteiger partial charge in [0.1, 0.15) is 11.6 Å². The van der Waals surface area contributed by atoms with Gasteiger partial charge in [0.15, 0.2) is 0 Å². The van der Waals surface area contributed by atoms with Crippen LogP contribution in [0, 0.1) is 17.7 Å². The van der Waals surface area contributed by atoms with E-state index in [1.165, 1.54) is 12.1 Å². The number of nitrogens with zero attached hydrogens (tertiary/aromatic N) is 2. The minimum absolute atomic E-state index is 0.191. The molecule has 120 valence electrons. The van der Waals surface area contributed by atoms with E-state index in [2.05, 4.69) is 4.90 Å². The van der Waals surface area contributed by atoms with Gasteiger partial charge in [-0.15, -0.1) is 0 Å². The molecule has 3 rings (SSSR count). The van der Waals surface area contributed by atoms with E-state index in [0.717, 1.165) is 39.0 Å². The molecule has 0 radical (unpaired) electrons. The summed E-state index contributed by atoms with van der Waals surface area (Å²) in [5.74, 6) is 1.48. The Morgan fingerprint density at radius 2 is 2.05 bits per heavy atom. The van der Waals surface area contributed by atoms with Crippen molar-refractivity contribution in [3.63, 3.8) is 0 Å². The number of carbonyl (C=O) groups excluding carboxylic acids is 1. The maximum absolute atomic E-state index is 12.8. The van der Waals surface area contributed by atoms with Crippen LogP contribution in [-0.4, -0.2) is 55.5 Å². The van der Waals surface area contributed by atoms with Crippen LogP contribution in [0.3, 0.4) is 0 Å². The van der Waals surface area contributed by atoms with E-state index in [1.54, 1.807) is 12.1 Å². The van der Waals surface area contributed by atoms with Crippen molar-refractivity contribution in [1.82, 2.24) is 9.80 Å². The van der Waals surface area contributed by atoms with E-state index < -0.39 is 0 Å². The number of amides is 1. The minimum Gasteiger partial charge on any atom is -0.494 e. The van der Waals surface area contributed by atoms with E-state index in [0.29, 0.717) is 24.2 Å². The lowest BCUT2D eigenvalue weighted by atomic mass is 9.88. The first kappa shape index (κ1) is 15.3. The Bertz CT molecular complexity index is 520. The highest BCUT2D eigenvalue weighted by atomic mass is 19.1. The summed E-state index contributed by atoms with van der Waals surface area (Å²) in [5.41, 5.74) is 0. The van der Waals surface area contributed by atoms with E-state index in [4.69, 9.17) is 4.74 Å². The Balaban J connectivity index is 1.40. The first-order chi connectivity index (χ1) is 10.6. The highest BCUT2D eigenvalue weighted by Crippen LogP contribution is 2.31. The Morgan fingerprint density at radius 3 is 2.82 bits per heavy atom. The zero-order valence-electron chi connectivity index (χ0n) is 13.0. The zero-order valence-corrected chi connectivity index (χ0v) is 13.0. The van der Waals surface area contributed by atoms with Gasteiger partial charge in [0.05, 0.1) is 12.5 Å². The summed E-state index contributed by atoms with van der Waals surface area (Å²) in [6.45, 7) is 4.36. The molecule has 1 amide bonds. The van der Waals surface area contributed by atoms with Gasteiger partial charge in [0.25, 0.3) is 0 Å². The van der Waals surface area contributed by atoms with Crippen molar-refractivity contribution in [2.45, 2.75) is 12.8 Å². The van der Waals surface area contributed by atoms with Crippen LogP contribution < -0.4 is 4.74 Å². The average molecular weight is 306 g/mol. The lowest BCUT2D eigenvalue weighted by Crippen LogP contribution is -2.42. The topological polar surface area (TPSA) is 32.8 Å². The molecule has 2 fully saturated rings. The predicted octanol–water partition coefficient (Wildman–Crippen LogP) is 2.00. The number of halogens is 1. The molecule has 0 N–H and O–H groups in total. The van der Waals surface area contributed by atoms with E-state index >= 15 is 0 Å². The molecule has 0 spiro atoms. The molecule has 2 heterocycles. The van der Waals surface area contributed by atoms with E-state index in [9.17, 15) is 9.18 Å². The van der Waals surface area contributed by atoms with Crippen LogP contribution in [0.15, 0.2) is 24.3 Å². The maximum atomic E-state index is 12.8. The molecule has 4 nitrogen and oxygen atoms in total. The third-order valence-electron chi connectivity index (χ3n) is 4.75. The Labute approximate surface area is 130 Å². The maximum Gasteiger partial charge on any atom is 0.227 e. The zero-order chi connectivity index (χ0) is 15.5. The molecule has 5 heteroatoms. The number of hydrogen-bond donors (Lipinski definition) is 0. The SMILES string of the molecule is CN1CC[C@@H]2CN(CCCOc3ccc(F)cc3)C[C@@H]2C1=O. The van der Waals surface area contributed by atoms with Crippen molar-refractivity contribution >= 4 is 5.91 Å². The number of rotatable bonds is 5. The van der Waals surface area contributed by atoms with Gasteiger partial charge in [-0.25, -0.2) is 4.39 Å². The Hall–Kier alpha value is -1.62. The molecule has 0 unspecified atom stereocenters. The standard InChI is InChI=1S/C17H23FN2O2/c1-19-9-7-13-11-20(12-16(13)17(19)21)8-2-10-22-15-5-3-14(18)4-6-15/h3-6,13,16H,2,7-12H2,1H3/t13-,16+/m1/s1. The van der Waals surface area contributed by atoms with Gasteiger partial charge in [0, 0.05) is 33.2 Å². The van der Waals surface area contributed by atoms with Crippen LogP contribution in [0.2, 0.25) is 0 Å². The molecule has 2 aliphatic rings. The normalized spacial score (nSPS) is 25.4. The highest BCUT2D eigenvalue weighted by Gasteiger charge is 2.41. The van der Waals surface area contributed by atoms with Crippen LogP contribution in [0.25, 0.3) is 0 Å². The summed E-state index contributed by atoms with van der Waals surface area (Å²) < 4.78 is 18.4. The smallest absolute Gasteiger partial charge is 0.227 e. The van der Waals surface area contributed by atoms with Gasteiger partial charge in [-0.3, -0.25) is 4.79 Å². The molecule has 1 aromatic carbocycles. The molecule has 0 aromatic heterocycles. The third kappa shape index (κ3) is 3.40. The highest BCUT2D eigenvalue weighted by molar-refractivity contribution is 5.80. The number of ether oxygens (including phenoxy) is 1. The largest absolute Gasteiger partial charge is 0.494 e. The van der Waals surface area contributed by atoms with Gasteiger partial charge >= 0.3 is 0 Å². The summed E-state index contributed by atoms with van der Waals surface area (Å²) >= 11 is 0. The van der Waals surface area contributed by atoms with Gasteiger partial charge in [0.2, 0.25) is 5.91 Å². The number of carbonyl (C=O) groups is 1. The van der Waals surface area contributed by atoms with Crippen molar-refractivity contribution in [3.05, 3.63) is 30.1 Å². The number of benzene rings is 1. The van der Waals surface area contributed by atoms with Crippen molar-refractivity contribution in [1.29, 1.82) is 0 Å². The summed E-state index contributed by atoms with van der Waals surface area (Å²) in [4.78, 5) is 16.4. The first-order valence-corrected chi connectivity index (χ1v) is 7.99. The molecule has 0 saturated carbocycles. The number of piperidine rings is 1. The third-order valence-corrected chi connectivity index (χ3v) is 4.75. The molecule has 2 atom stereocenters. The number of hydrogen-bond acceptors (Lipinski definition) is 3.